The van der Waals surface area contributed by atoms with Gasteiger partial charge < -0.3 is 4.57 Å². The Bertz CT molecular complexity index is 883. The summed E-state index contributed by atoms with van der Waals surface area (Å²) in [5, 5.41) is -0.308. The highest BCUT2D eigenvalue weighted by atomic mass is 31.2. The van der Waals surface area contributed by atoms with Crippen LogP contribution in [0, 0.1) is 23.3 Å². The van der Waals surface area contributed by atoms with Crippen molar-refractivity contribution in [1.29, 1.82) is 0 Å². The summed E-state index contributed by atoms with van der Waals surface area (Å²) in [4.78, 5) is 0. The van der Waals surface area contributed by atoms with Gasteiger partial charge in [-0.2, -0.15) is 0 Å². The summed E-state index contributed by atoms with van der Waals surface area (Å²) >= 11 is 0. The molecule has 0 aliphatic carbocycles. The lowest BCUT2D eigenvalue weighted by molar-refractivity contribution is 0.412. The molecular formula is C18H11F4OP. The van der Waals surface area contributed by atoms with E-state index >= 15 is 0 Å². The Kier molecular flexibility index (Phi) is 4.29. The van der Waals surface area contributed by atoms with E-state index in [9.17, 15) is 22.1 Å². The van der Waals surface area contributed by atoms with Crippen LogP contribution in [-0.4, -0.2) is 0 Å². The van der Waals surface area contributed by atoms with E-state index in [4.69, 9.17) is 0 Å². The van der Waals surface area contributed by atoms with Gasteiger partial charge in [-0.3, -0.25) is 0 Å². The predicted octanol–water partition coefficient (Wildman–Crippen LogP) is 3.88. The highest BCUT2D eigenvalue weighted by molar-refractivity contribution is 7.85. The van der Waals surface area contributed by atoms with Crippen molar-refractivity contribution >= 4 is 23.1 Å². The lowest BCUT2D eigenvalue weighted by atomic mass is 10.3. The first-order valence-corrected chi connectivity index (χ1v) is 8.71. The maximum atomic E-state index is 14.4. The van der Waals surface area contributed by atoms with E-state index in [0.29, 0.717) is 6.07 Å². The normalized spacial score (nSPS) is 11.5. The van der Waals surface area contributed by atoms with Crippen LogP contribution in [0.2, 0.25) is 0 Å². The quantitative estimate of drug-likeness (QED) is 0.303. The van der Waals surface area contributed by atoms with Gasteiger partial charge in [-0.1, -0.05) is 60.7 Å². The summed E-state index contributed by atoms with van der Waals surface area (Å²) in [6.07, 6.45) is 0. The molecule has 0 fully saturated rings. The van der Waals surface area contributed by atoms with Crippen molar-refractivity contribution in [2.45, 2.75) is 0 Å². The third-order valence-electron chi connectivity index (χ3n) is 3.66. The molecule has 0 aliphatic rings. The molecule has 122 valence electrons. The molecule has 0 bridgehead atoms. The lowest BCUT2D eigenvalue weighted by Gasteiger charge is -2.20. The van der Waals surface area contributed by atoms with Gasteiger partial charge in [-0.25, -0.2) is 17.6 Å². The first kappa shape index (κ1) is 16.5. The lowest BCUT2D eigenvalue weighted by Crippen LogP contribution is -2.28. The van der Waals surface area contributed by atoms with Gasteiger partial charge in [0.05, 0.1) is 5.30 Å². The van der Waals surface area contributed by atoms with E-state index < -0.39 is 35.7 Å². The molecule has 0 atom stereocenters. The first-order chi connectivity index (χ1) is 11.5. The summed E-state index contributed by atoms with van der Waals surface area (Å²) in [7, 11) is -3.91. The van der Waals surface area contributed by atoms with Gasteiger partial charge in [0.1, 0.15) is 0 Å². The van der Waals surface area contributed by atoms with Crippen LogP contribution >= 0.6 is 7.14 Å². The molecule has 1 nitrogen and oxygen atoms in total. The zero-order chi connectivity index (χ0) is 17.3. The van der Waals surface area contributed by atoms with Gasteiger partial charge >= 0.3 is 0 Å². The third-order valence-corrected chi connectivity index (χ3v) is 6.72. The number of hydrogen-bond donors (Lipinski definition) is 0. The fourth-order valence-electron chi connectivity index (χ4n) is 2.49. The molecule has 3 aromatic rings. The van der Waals surface area contributed by atoms with Gasteiger partial charge in [0.2, 0.25) is 0 Å². The smallest absolute Gasteiger partial charge is 0.198 e. The second-order valence-electron chi connectivity index (χ2n) is 5.10. The minimum atomic E-state index is -3.91. The van der Waals surface area contributed by atoms with Crippen LogP contribution in [0.1, 0.15) is 0 Å². The second kappa shape index (κ2) is 6.25. The van der Waals surface area contributed by atoms with Crippen molar-refractivity contribution in [3.8, 4) is 0 Å². The van der Waals surface area contributed by atoms with Crippen LogP contribution in [0.3, 0.4) is 0 Å². The van der Waals surface area contributed by atoms with Crippen molar-refractivity contribution in [1.82, 2.24) is 0 Å². The molecule has 0 N–H and O–H groups in total. The van der Waals surface area contributed by atoms with Crippen molar-refractivity contribution in [3.05, 3.63) is 90.0 Å². The van der Waals surface area contributed by atoms with Crippen LogP contribution in [0.15, 0.2) is 66.7 Å². The topological polar surface area (TPSA) is 17.1 Å². The van der Waals surface area contributed by atoms with Gasteiger partial charge in [0.15, 0.2) is 30.4 Å². The van der Waals surface area contributed by atoms with E-state index in [2.05, 4.69) is 0 Å². The second-order valence-corrected chi connectivity index (χ2v) is 7.83. The summed E-state index contributed by atoms with van der Waals surface area (Å²) < 4.78 is 68.8. The number of benzene rings is 3. The minimum absolute atomic E-state index is 0.195. The summed E-state index contributed by atoms with van der Waals surface area (Å²) in [6, 6.07) is 16.0. The van der Waals surface area contributed by atoms with Gasteiger partial charge in [0, 0.05) is 10.6 Å². The summed E-state index contributed by atoms with van der Waals surface area (Å²) in [5.74, 6) is -7.14. The Morgan fingerprint density at radius 2 is 1.08 bits per heavy atom. The van der Waals surface area contributed by atoms with Crippen LogP contribution < -0.4 is 15.9 Å². The zero-order valence-electron chi connectivity index (χ0n) is 12.2. The van der Waals surface area contributed by atoms with E-state index in [1.165, 1.54) is 24.3 Å². The fourth-order valence-corrected chi connectivity index (χ4v) is 5.20. The highest BCUT2D eigenvalue weighted by Gasteiger charge is 2.35. The Balaban J connectivity index is 2.39. The molecule has 0 heterocycles. The molecule has 24 heavy (non-hydrogen) atoms. The molecule has 0 saturated heterocycles. The molecular weight excluding hydrogens is 339 g/mol. The molecule has 0 aliphatic heterocycles. The molecule has 0 amide bonds. The van der Waals surface area contributed by atoms with Crippen molar-refractivity contribution in [2.75, 3.05) is 0 Å². The fraction of sp³-hybridized carbons (Fsp3) is 0. The van der Waals surface area contributed by atoms with Crippen molar-refractivity contribution in [2.24, 2.45) is 0 Å². The van der Waals surface area contributed by atoms with Crippen LogP contribution in [0.25, 0.3) is 0 Å². The monoisotopic (exact) mass is 350 g/mol. The van der Waals surface area contributed by atoms with Crippen LogP contribution in [0.5, 0.6) is 0 Å². The van der Waals surface area contributed by atoms with Crippen LogP contribution in [-0.2, 0) is 4.57 Å². The molecule has 0 unspecified atom stereocenters. The van der Waals surface area contributed by atoms with E-state index in [-0.39, 0.29) is 10.6 Å². The van der Waals surface area contributed by atoms with E-state index in [0.717, 1.165) is 0 Å². The largest absolute Gasteiger partial charge is 0.309 e. The Morgan fingerprint density at radius 1 is 0.625 bits per heavy atom. The summed E-state index contributed by atoms with van der Waals surface area (Å²) in [5.41, 5.74) is 0. The summed E-state index contributed by atoms with van der Waals surface area (Å²) in [6.45, 7) is 0. The third kappa shape index (κ3) is 2.55. The molecule has 3 rings (SSSR count). The van der Waals surface area contributed by atoms with Gasteiger partial charge in [-0.05, 0) is 6.07 Å². The molecule has 6 heteroatoms. The van der Waals surface area contributed by atoms with E-state index in [1.807, 2.05) is 0 Å². The van der Waals surface area contributed by atoms with Crippen LogP contribution in [0.4, 0.5) is 17.6 Å². The predicted molar refractivity (Wildman–Crippen MR) is 85.7 cm³/mol. The molecule has 3 aromatic carbocycles. The standard InChI is InChI=1S/C18H11F4OP/c19-14-11-15(17(21)18(22)16(14)20)24(23,12-7-3-1-4-8-12)13-9-5-2-6-10-13/h1-11H. The van der Waals surface area contributed by atoms with Crippen molar-refractivity contribution < 1.29 is 22.1 Å². The number of hydrogen-bond acceptors (Lipinski definition) is 1. The zero-order valence-corrected chi connectivity index (χ0v) is 13.1. The average molecular weight is 350 g/mol. The van der Waals surface area contributed by atoms with Gasteiger partial charge in [-0.15, -0.1) is 0 Å². The maximum Gasteiger partial charge on any atom is 0.198 e. The van der Waals surface area contributed by atoms with E-state index in [1.54, 1.807) is 36.4 Å². The first-order valence-electron chi connectivity index (χ1n) is 7.01. The van der Waals surface area contributed by atoms with Crippen molar-refractivity contribution in [3.63, 3.8) is 0 Å². The maximum absolute atomic E-state index is 14.4. The average Bonchev–Trinajstić information content (AvgIpc) is 2.64. The Hall–Kier alpha value is -2.39. The number of rotatable bonds is 3. The minimum Gasteiger partial charge on any atom is -0.309 e. The SMILES string of the molecule is O=P(c1ccccc1)(c1ccccc1)c1cc(F)c(F)c(F)c1F. The Morgan fingerprint density at radius 3 is 1.54 bits per heavy atom. The highest BCUT2D eigenvalue weighted by Crippen LogP contribution is 2.43. The molecule has 0 saturated carbocycles. The molecule has 0 spiro atoms. The molecule has 0 radical (unpaired) electrons. The number of halogens is 4. The molecule has 0 aromatic heterocycles. The van der Waals surface area contributed by atoms with Gasteiger partial charge in [0.25, 0.3) is 0 Å². The Labute approximate surface area is 135 Å².